The van der Waals surface area contributed by atoms with E-state index >= 15 is 0 Å². The Hall–Kier alpha value is -4.20. The molecule has 0 fully saturated rings. The van der Waals surface area contributed by atoms with Crippen LogP contribution < -0.4 is 4.72 Å². The summed E-state index contributed by atoms with van der Waals surface area (Å²) in [6.07, 6.45) is -2.70. The van der Waals surface area contributed by atoms with Crippen LogP contribution in [-0.4, -0.2) is 30.2 Å². The number of pyridine rings is 1. The highest BCUT2D eigenvalue weighted by molar-refractivity contribution is 7.89. The normalized spacial score (nSPS) is 12.9. The number of benzene rings is 1. The van der Waals surface area contributed by atoms with Crippen molar-refractivity contribution >= 4 is 20.9 Å². The first kappa shape index (κ1) is 24.9. The minimum absolute atomic E-state index is 0.0178. The Balaban J connectivity index is 1.93. The molecule has 1 aromatic carbocycles. The lowest BCUT2D eigenvalue weighted by Gasteiger charge is -2.17. The highest BCUT2D eigenvalue weighted by atomic mass is 32.2. The molecule has 0 bridgehead atoms. The molecule has 4 rings (SSSR count). The first-order valence-corrected chi connectivity index (χ1v) is 11.7. The lowest BCUT2D eigenvalue weighted by Crippen LogP contribution is -2.42. The Labute approximate surface area is 202 Å². The number of aryl methyl sites for hydroxylation is 1. The molecule has 0 aliphatic rings. The molecule has 0 saturated heterocycles. The zero-order valence-electron chi connectivity index (χ0n) is 18.6. The molecule has 1 N–H and O–H groups in total. The van der Waals surface area contributed by atoms with Gasteiger partial charge in [0.1, 0.15) is 34.5 Å². The van der Waals surface area contributed by atoms with Crippen molar-refractivity contribution in [2.45, 2.75) is 31.0 Å². The third kappa shape index (κ3) is 4.19. The van der Waals surface area contributed by atoms with Crippen LogP contribution in [0.15, 0.2) is 52.1 Å². The molecule has 1 atom stereocenters. The van der Waals surface area contributed by atoms with E-state index in [4.69, 9.17) is 4.42 Å². The standard InChI is InChI=1S/C23H15F4N5O3S/c1-12-7-20-16(8-18(12)24)17(10-29)21(32(20)22-14(9-28)5-6-35-22)19-4-3-15(11-30-19)36(33,34)31-13(2)23(25,26)27/h3-8,11,13,31H,1-2H3/t13-/m0/s1. The number of nitrogens with zero attached hydrogens (tertiary/aromatic N) is 4. The molecule has 0 unspecified atom stereocenters. The van der Waals surface area contributed by atoms with Crippen molar-refractivity contribution in [2.24, 2.45) is 0 Å². The van der Waals surface area contributed by atoms with Crippen LogP contribution in [0, 0.1) is 35.4 Å². The van der Waals surface area contributed by atoms with Crippen LogP contribution in [0.2, 0.25) is 0 Å². The number of furan rings is 1. The van der Waals surface area contributed by atoms with Crippen molar-refractivity contribution in [3.8, 4) is 29.4 Å². The monoisotopic (exact) mass is 517 g/mol. The molecule has 13 heteroatoms. The van der Waals surface area contributed by atoms with Crippen LogP contribution in [0.4, 0.5) is 17.6 Å². The third-order valence-electron chi connectivity index (χ3n) is 5.44. The maximum atomic E-state index is 14.4. The quantitative estimate of drug-likeness (QED) is 0.383. The van der Waals surface area contributed by atoms with E-state index in [1.807, 2.05) is 12.1 Å². The van der Waals surface area contributed by atoms with Gasteiger partial charge in [-0.25, -0.2) is 12.8 Å². The van der Waals surface area contributed by atoms with Crippen LogP contribution in [0.5, 0.6) is 0 Å². The number of nitriles is 2. The fourth-order valence-corrected chi connectivity index (χ4v) is 4.76. The van der Waals surface area contributed by atoms with E-state index in [2.05, 4.69) is 4.98 Å². The Bertz CT molecular complexity index is 1670. The minimum Gasteiger partial charge on any atom is -0.447 e. The van der Waals surface area contributed by atoms with Gasteiger partial charge in [0, 0.05) is 11.6 Å². The molecule has 0 saturated carbocycles. The molecule has 4 aromatic rings. The summed E-state index contributed by atoms with van der Waals surface area (Å²) < 4.78 is 86.1. The van der Waals surface area contributed by atoms with Gasteiger partial charge in [0.2, 0.25) is 15.9 Å². The second-order valence-corrected chi connectivity index (χ2v) is 9.52. The number of hydrogen-bond donors (Lipinski definition) is 1. The summed E-state index contributed by atoms with van der Waals surface area (Å²) >= 11 is 0. The summed E-state index contributed by atoms with van der Waals surface area (Å²) in [4.78, 5) is 3.53. The molecular formula is C23H15F4N5O3S. The van der Waals surface area contributed by atoms with Crippen LogP contribution in [0.3, 0.4) is 0 Å². The molecule has 184 valence electrons. The molecule has 0 aliphatic carbocycles. The maximum absolute atomic E-state index is 14.4. The van der Waals surface area contributed by atoms with Gasteiger partial charge in [0.15, 0.2) is 0 Å². The minimum atomic E-state index is -4.79. The van der Waals surface area contributed by atoms with E-state index in [0.717, 1.165) is 18.3 Å². The predicted octanol–water partition coefficient (Wildman–Crippen LogP) is 4.71. The van der Waals surface area contributed by atoms with Gasteiger partial charge in [0.05, 0.1) is 28.7 Å². The molecule has 0 aliphatic heterocycles. The Morgan fingerprint density at radius 1 is 1.17 bits per heavy atom. The first-order valence-electron chi connectivity index (χ1n) is 10.2. The second-order valence-electron chi connectivity index (χ2n) is 7.80. The Morgan fingerprint density at radius 3 is 2.47 bits per heavy atom. The van der Waals surface area contributed by atoms with Gasteiger partial charge in [-0.2, -0.15) is 28.4 Å². The van der Waals surface area contributed by atoms with Crippen LogP contribution in [0.1, 0.15) is 23.6 Å². The van der Waals surface area contributed by atoms with Crippen molar-refractivity contribution in [2.75, 3.05) is 0 Å². The largest absolute Gasteiger partial charge is 0.447 e. The van der Waals surface area contributed by atoms with Crippen molar-refractivity contribution in [3.63, 3.8) is 0 Å². The van der Waals surface area contributed by atoms with E-state index in [1.165, 1.54) is 40.7 Å². The SMILES string of the molecule is Cc1cc2c(cc1F)c(C#N)c(-c1ccc(S(=O)(=O)N[C@@H](C)C(F)(F)F)cn1)n2-c1occc1C#N. The van der Waals surface area contributed by atoms with Gasteiger partial charge in [-0.05, 0) is 49.7 Å². The van der Waals surface area contributed by atoms with Gasteiger partial charge in [-0.1, -0.05) is 0 Å². The highest BCUT2D eigenvalue weighted by Gasteiger charge is 2.39. The summed E-state index contributed by atoms with van der Waals surface area (Å²) in [5, 5.41) is 19.6. The predicted molar refractivity (Wildman–Crippen MR) is 119 cm³/mol. The molecule has 36 heavy (non-hydrogen) atoms. The number of halogens is 4. The smallest absolute Gasteiger partial charge is 0.404 e. The van der Waals surface area contributed by atoms with Crippen molar-refractivity contribution in [1.82, 2.24) is 14.3 Å². The number of aromatic nitrogens is 2. The lowest BCUT2D eigenvalue weighted by molar-refractivity contribution is -0.147. The van der Waals surface area contributed by atoms with Crippen LogP contribution >= 0.6 is 0 Å². The van der Waals surface area contributed by atoms with E-state index in [1.54, 1.807) is 0 Å². The summed E-state index contributed by atoms with van der Waals surface area (Å²) in [7, 11) is -4.57. The summed E-state index contributed by atoms with van der Waals surface area (Å²) in [6, 6.07) is 7.82. The number of nitrogens with one attached hydrogen (secondary N) is 1. The number of sulfonamides is 1. The first-order chi connectivity index (χ1) is 16.9. The molecule has 0 amide bonds. The van der Waals surface area contributed by atoms with Crippen molar-refractivity contribution in [1.29, 1.82) is 10.5 Å². The van der Waals surface area contributed by atoms with Crippen molar-refractivity contribution < 1.29 is 30.4 Å². The molecule has 0 spiro atoms. The number of rotatable bonds is 5. The van der Waals surface area contributed by atoms with E-state index in [0.29, 0.717) is 12.4 Å². The van der Waals surface area contributed by atoms with Gasteiger partial charge in [0.25, 0.3) is 0 Å². The lowest BCUT2D eigenvalue weighted by atomic mass is 10.1. The highest BCUT2D eigenvalue weighted by Crippen LogP contribution is 2.37. The number of hydrogen-bond acceptors (Lipinski definition) is 6. The zero-order chi connectivity index (χ0) is 26.4. The molecule has 3 aromatic heterocycles. The zero-order valence-corrected chi connectivity index (χ0v) is 19.4. The Morgan fingerprint density at radius 2 is 1.89 bits per heavy atom. The maximum Gasteiger partial charge on any atom is 0.404 e. The molecule has 8 nitrogen and oxygen atoms in total. The van der Waals surface area contributed by atoms with E-state index in [-0.39, 0.29) is 39.3 Å². The molecule has 0 radical (unpaired) electrons. The van der Waals surface area contributed by atoms with Gasteiger partial charge in [-0.15, -0.1) is 0 Å². The van der Waals surface area contributed by atoms with Crippen molar-refractivity contribution in [3.05, 3.63) is 65.3 Å². The number of fused-ring (bicyclic) bond motifs is 1. The summed E-state index contributed by atoms with van der Waals surface area (Å²) in [5.74, 6) is -0.564. The van der Waals surface area contributed by atoms with Gasteiger partial charge < -0.3 is 4.42 Å². The van der Waals surface area contributed by atoms with Crippen LogP contribution in [-0.2, 0) is 10.0 Å². The number of alkyl halides is 3. The fourth-order valence-electron chi connectivity index (χ4n) is 3.58. The van der Waals surface area contributed by atoms with E-state index in [9.17, 15) is 36.5 Å². The van der Waals surface area contributed by atoms with Gasteiger partial charge >= 0.3 is 6.18 Å². The second kappa shape index (κ2) is 8.78. The Kier molecular flexibility index (Phi) is 6.08. The molecular weight excluding hydrogens is 502 g/mol. The van der Waals surface area contributed by atoms with Crippen LogP contribution in [0.25, 0.3) is 28.2 Å². The van der Waals surface area contributed by atoms with E-state index < -0.39 is 33.0 Å². The fraction of sp³-hybridized carbons (Fsp3) is 0.174. The average molecular weight is 517 g/mol. The van der Waals surface area contributed by atoms with Gasteiger partial charge in [-0.3, -0.25) is 9.55 Å². The summed E-state index contributed by atoms with van der Waals surface area (Å²) in [5.41, 5.74) is 0.751. The average Bonchev–Trinajstić information content (AvgIpc) is 3.40. The third-order valence-corrected chi connectivity index (χ3v) is 6.97. The topological polar surface area (TPSA) is 125 Å². The molecule has 3 heterocycles. The summed E-state index contributed by atoms with van der Waals surface area (Å²) in [6.45, 7) is 2.17.